The molecule has 0 saturated carbocycles. The zero-order chi connectivity index (χ0) is 17.4. The van der Waals surface area contributed by atoms with Crippen LogP contribution in [0.25, 0.3) is 0 Å². The number of nitrogens with zero attached hydrogens (tertiary/aromatic N) is 1. The number of aliphatic carboxylic acids is 1. The van der Waals surface area contributed by atoms with Crippen molar-refractivity contribution < 1.29 is 24.0 Å². The molecule has 0 aliphatic heterocycles. The third kappa shape index (κ3) is 5.99. The molecule has 126 valence electrons. The standard InChI is InChI=1S/C14H18FN3O5/c1-2-3-11(14(20)21)16-7-6-13(19)17-12-8-9(18(22)23)4-5-10(12)15/h4-5,8,11,16H,2-3,6-7H2,1H3,(H,17,19)(H,20,21). The van der Waals surface area contributed by atoms with Crippen LogP contribution in [-0.2, 0) is 9.59 Å². The summed E-state index contributed by atoms with van der Waals surface area (Å²) in [5.74, 6) is -2.36. The van der Waals surface area contributed by atoms with E-state index in [4.69, 9.17) is 5.11 Å². The van der Waals surface area contributed by atoms with E-state index in [1.807, 2.05) is 6.92 Å². The van der Waals surface area contributed by atoms with Crippen molar-refractivity contribution in [2.75, 3.05) is 11.9 Å². The predicted molar refractivity (Wildman–Crippen MR) is 80.6 cm³/mol. The molecule has 1 amide bonds. The first-order chi connectivity index (χ1) is 10.8. The summed E-state index contributed by atoms with van der Waals surface area (Å²) in [6.07, 6.45) is 1.02. The van der Waals surface area contributed by atoms with Crippen LogP contribution in [0, 0.1) is 15.9 Å². The lowest BCUT2D eigenvalue weighted by Gasteiger charge is -2.13. The summed E-state index contributed by atoms with van der Waals surface area (Å²) in [5, 5.41) is 24.5. The average Bonchev–Trinajstić information content (AvgIpc) is 2.48. The second-order valence-electron chi connectivity index (χ2n) is 4.85. The van der Waals surface area contributed by atoms with Gasteiger partial charge in [-0.25, -0.2) is 4.39 Å². The Kier molecular flexibility index (Phi) is 7.07. The van der Waals surface area contributed by atoms with Crippen molar-refractivity contribution in [3.8, 4) is 0 Å². The number of carbonyl (C=O) groups is 2. The highest BCUT2D eigenvalue weighted by Gasteiger charge is 2.16. The van der Waals surface area contributed by atoms with Crippen LogP contribution < -0.4 is 10.6 Å². The Morgan fingerprint density at radius 3 is 2.70 bits per heavy atom. The predicted octanol–water partition coefficient (Wildman–Crippen LogP) is 1.91. The largest absolute Gasteiger partial charge is 0.480 e. The van der Waals surface area contributed by atoms with Crippen molar-refractivity contribution in [1.82, 2.24) is 5.32 Å². The second kappa shape index (κ2) is 8.79. The molecule has 0 bridgehead atoms. The quantitative estimate of drug-likeness (QED) is 0.470. The number of carboxylic acids is 1. The number of carbonyl (C=O) groups excluding carboxylic acids is 1. The number of carboxylic acid groups (broad SMARTS) is 1. The fourth-order valence-corrected chi connectivity index (χ4v) is 1.90. The average molecular weight is 327 g/mol. The van der Waals surface area contributed by atoms with E-state index >= 15 is 0 Å². The topological polar surface area (TPSA) is 122 Å². The van der Waals surface area contributed by atoms with Crippen molar-refractivity contribution in [3.63, 3.8) is 0 Å². The number of rotatable bonds is 9. The Bertz CT molecular complexity index is 594. The van der Waals surface area contributed by atoms with Crippen LogP contribution in [0.3, 0.4) is 0 Å². The number of non-ortho nitro benzene ring substituents is 1. The van der Waals surface area contributed by atoms with E-state index in [1.165, 1.54) is 0 Å². The molecule has 23 heavy (non-hydrogen) atoms. The van der Waals surface area contributed by atoms with Crippen LogP contribution in [0.1, 0.15) is 26.2 Å². The van der Waals surface area contributed by atoms with Gasteiger partial charge in [0.05, 0.1) is 10.6 Å². The van der Waals surface area contributed by atoms with Gasteiger partial charge in [0.1, 0.15) is 11.9 Å². The molecule has 0 radical (unpaired) electrons. The molecule has 0 aliphatic carbocycles. The summed E-state index contributed by atoms with van der Waals surface area (Å²) in [7, 11) is 0. The molecule has 0 aliphatic rings. The minimum atomic E-state index is -1.00. The van der Waals surface area contributed by atoms with Crippen molar-refractivity contribution in [3.05, 3.63) is 34.1 Å². The number of nitro benzene ring substituents is 1. The number of halogens is 1. The third-order valence-electron chi connectivity index (χ3n) is 3.05. The van der Waals surface area contributed by atoms with Gasteiger partial charge in [0.2, 0.25) is 5.91 Å². The van der Waals surface area contributed by atoms with Crippen LogP contribution in [0.15, 0.2) is 18.2 Å². The molecule has 3 N–H and O–H groups in total. The molecular weight excluding hydrogens is 309 g/mol. The molecule has 1 atom stereocenters. The number of amides is 1. The molecule has 9 heteroatoms. The summed E-state index contributed by atoms with van der Waals surface area (Å²) in [5.41, 5.74) is -0.624. The fraction of sp³-hybridized carbons (Fsp3) is 0.429. The van der Waals surface area contributed by atoms with Gasteiger partial charge in [-0.3, -0.25) is 19.7 Å². The summed E-state index contributed by atoms with van der Waals surface area (Å²) in [6.45, 7) is 1.94. The Labute approximate surface area is 131 Å². The Morgan fingerprint density at radius 1 is 1.43 bits per heavy atom. The van der Waals surface area contributed by atoms with Gasteiger partial charge >= 0.3 is 5.97 Å². The monoisotopic (exact) mass is 327 g/mol. The van der Waals surface area contributed by atoms with E-state index in [9.17, 15) is 24.1 Å². The van der Waals surface area contributed by atoms with Gasteiger partial charge in [-0.1, -0.05) is 13.3 Å². The smallest absolute Gasteiger partial charge is 0.320 e. The molecular formula is C14H18FN3O5. The number of nitro groups is 1. The molecule has 0 aromatic heterocycles. The minimum absolute atomic E-state index is 0.0877. The first-order valence-corrected chi connectivity index (χ1v) is 7.05. The lowest BCUT2D eigenvalue weighted by Crippen LogP contribution is -2.38. The van der Waals surface area contributed by atoms with Gasteiger partial charge < -0.3 is 15.7 Å². The first-order valence-electron chi connectivity index (χ1n) is 7.05. The van der Waals surface area contributed by atoms with Gasteiger partial charge in [0, 0.05) is 25.1 Å². The van der Waals surface area contributed by atoms with Crippen LogP contribution >= 0.6 is 0 Å². The van der Waals surface area contributed by atoms with Gasteiger partial charge in [-0.05, 0) is 12.5 Å². The molecule has 0 heterocycles. The van der Waals surface area contributed by atoms with E-state index in [2.05, 4.69) is 10.6 Å². The summed E-state index contributed by atoms with van der Waals surface area (Å²) in [6, 6.07) is 2.07. The molecule has 1 unspecified atom stereocenters. The van der Waals surface area contributed by atoms with Crippen molar-refractivity contribution in [2.45, 2.75) is 32.2 Å². The molecule has 1 aromatic carbocycles. The molecule has 1 rings (SSSR count). The zero-order valence-corrected chi connectivity index (χ0v) is 12.5. The van der Waals surface area contributed by atoms with Crippen LogP contribution in [0.5, 0.6) is 0 Å². The number of anilines is 1. The zero-order valence-electron chi connectivity index (χ0n) is 12.5. The molecule has 0 saturated heterocycles. The van der Waals surface area contributed by atoms with E-state index in [-0.39, 0.29) is 24.3 Å². The van der Waals surface area contributed by atoms with E-state index in [0.29, 0.717) is 12.8 Å². The summed E-state index contributed by atoms with van der Waals surface area (Å²) in [4.78, 5) is 32.6. The van der Waals surface area contributed by atoms with Crippen LogP contribution in [0.4, 0.5) is 15.8 Å². The van der Waals surface area contributed by atoms with Gasteiger partial charge in [-0.15, -0.1) is 0 Å². The maximum Gasteiger partial charge on any atom is 0.320 e. The highest BCUT2D eigenvalue weighted by Crippen LogP contribution is 2.21. The number of hydrogen-bond donors (Lipinski definition) is 3. The molecule has 0 fully saturated rings. The third-order valence-corrected chi connectivity index (χ3v) is 3.05. The van der Waals surface area contributed by atoms with Crippen LogP contribution in [0.2, 0.25) is 0 Å². The van der Waals surface area contributed by atoms with E-state index in [0.717, 1.165) is 18.2 Å². The Hall–Kier alpha value is -2.55. The number of nitrogens with one attached hydrogen (secondary N) is 2. The Balaban J connectivity index is 2.55. The summed E-state index contributed by atoms with van der Waals surface area (Å²) >= 11 is 0. The van der Waals surface area contributed by atoms with Gasteiger partial charge in [-0.2, -0.15) is 0 Å². The van der Waals surface area contributed by atoms with Crippen LogP contribution in [-0.4, -0.2) is 34.5 Å². The van der Waals surface area contributed by atoms with Crippen molar-refractivity contribution >= 4 is 23.3 Å². The van der Waals surface area contributed by atoms with E-state index < -0.39 is 28.7 Å². The molecule has 0 spiro atoms. The lowest BCUT2D eigenvalue weighted by atomic mass is 10.1. The SMILES string of the molecule is CCCC(NCCC(=O)Nc1cc([N+](=O)[O-])ccc1F)C(=O)O. The fourth-order valence-electron chi connectivity index (χ4n) is 1.90. The number of benzene rings is 1. The second-order valence-corrected chi connectivity index (χ2v) is 4.85. The van der Waals surface area contributed by atoms with Gasteiger partial charge in [0.15, 0.2) is 0 Å². The van der Waals surface area contributed by atoms with E-state index in [1.54, 1.807) is 0 Å². The van der Waals surface area contributed by atoms with Gasteiger partial charge in [0.25, 0.3) is 5.69 Å². The summed E-state index contributed by atoms with van der Waals surface area (Å²) < 4.78 is 13.5. The highest BCUT2D eigenvalue weighted by molar-refractivity contribution is 5.91. The highest BCUT2D eigenvalue weighted by atomic mass is 19.1. The maximum atomic E-state index is 13.5. The molecule has 1 aromatic rings. The minimum Gasteiger partial charge on any atom is -0.480 e. The lowest BCUT2D eigenvalue weighted by molar-refractivity contribution is -0.384. The Morgan fingerprint density at radius 2 is 2.13 bits per heavy atom. The van der Waals surface area contributed by atoms with Crippen molar-refractivity contribution in [1.29, 1.82) is 0 Å². The maximum absolute atomic E-state index is 13.5. The number of hydrogen-bond acceptors (Lipinski definition) is 5. The first kappa shape index (κ1) is 18.5. The normalized spacial score (nSPS) is 11.7. The molecule has 8 nitrogen and oxygen atoms in total. The van der Waals surface area contributed by atoms with Crippen molar-refractivity contribution in [2.24, 2.45) is 0 Å².